The van der Waals surface area contributed by atoms with Crippen molar-refractivity contribution < 1.29 is 4.79 Å². The molecule has 6 heteroatoms. The summed E-state index contributed by atoms with van der Waals surface area (Å²) in [5, 5.41) is 4.22. The van der Waals surface area contributed by atoms with Crippen LogP contribution in [0.4, 0.5) is 0 Å². The van der Waals surface area contributed by atoms with Crippen molar-refractivity contribution >= 4 is 5.91 Å². The topological polar surface area (TPSA) is 66.8 Å². The maximum absolute atomic E-state index is 12.8. The van der Waals surface area contributed by atoms with Gasteiger partial charge in [0.15, 0.2) is 0 Å². The molecule has 26 heavy (non-hydrogen) atoms. The number of hydrogen-bond donors (Lipinski definition) is 1. The van der Waals surface area contributed by atoms with Crippen molar-refractivity contribution in [3.8, 4) is 11.3 Å². The molecular formula is C20H23N5O. The molecule has 0 aliphatic carbocycles. The Labute approximate surface area is 152 Å². The van der Waals surface area contributed by atoms with E-state index in [0.717, 1.165) is 42.0 Å². The Hall–Kier alpha value is -2.89. The highest BCUT2D eigenvalue weighted by Crippen LogP contribution is 2.31. The average Bonchev–Trinajstić information content (AvgIpc) is 3.34. The van der Waals surface area contributed by atoms with Gasteiger partial charge in [0, 0.05) is 12.7 Å². The number of aromatic nitrogens is 4. The summed E-state index contributed by atoms with van der Waals surface area (Å²) in [5.41, 5.74) is 4.38. The van der Waals surface area contributed by atoms with E-state index in [0.29, 0.717) is 0 Å². The van der Waals surface area contributed by atoms with E-state index in [4.69, 9.17) is 0 Å². The normalized spacial score (nSPS) is 17.0. The van der Waals surface area contributed by atoms with Gasteiger partial charge < -0.3 is 9.88 Å². The summed E-state index contributed by atoms with van der Waals surface area (Å²) in [6.45, 7) is 5.09. The van der Waals surface area contributed by atoms with Crippen molar-refractivity contribution in [1.82, 2.24) is 24.6 Å². The molecule has 134 valence electrons. The number of carbonyl (C=O) groups is 1. The molecule has 1 amide bonds. The minimum atomic E-state index is 0.0118. The average molecular weight is 349 g/mol. The first kappa shape index (κ1) is 16.6. The first-order valence-electron chi connectivity index (χ1n) is 9.00. The number of aromatic amines is 1. The Bertz CT molecular complexity index is 926. The van der Waals surface area contributed by atoms with Crippen LogP contribution in [0.2, 0.25) is 0 Å². The molecule has 0 unspecified atom stereocenters. The molecule has 1 aromatic carbocycles. The van der Waals surface area contributed by atoms with Crippen LogP contribution in [0.1, 0.15) is 35.8 Å². The van der Waals surface area contributed by atoms with E-state index in [1.165, 1.54) is 5.56 Å². The van der Waals surface area contributed by atoms with Crippen LogP contribution in [-0.4, -0.2) is 37.1 Å². The van der Waals surface area contributed by atoms with Gasteiger partial charge in [0.2, 0.25) is 5.91 Å². The fraction of sp³-hybridized carbons (Fsp3) is 0.350. The lowest BCUT2D eigenvalue weighted by Crippen LogP contribution is -2.34. The van der Waals surface area contributed by atoms with Gasteiger partial charge in [-0.2, -0.15) is 5.10 Å². The molecule has 6 nitrogen and oxygen atoms in total. The quantitative estimate of drug-likeness (QED) is 0.786. The number of nitrogens with zero attached hydrogens (tertiary/aromatic N) is 4. The first-order valence-corrected chi connectivity index (χ1v) is 9.00. The van der Waals surface area contributed by atoms with Gasteiger partial charge in [-0.3, -0.25) is 9.48 Å². The number of carbonyl (C=O) groups excluding carboxylic acids is 1. The molecule has 0 bridgehead atoms. The van der Waals surface area contributed by atoms with Crippen LogP contribution in [0.5, 0.6) is 0 Å². The predicted octanol–water partition coefficient (Wildman–Crippen LogP) is 3.25. The van der Waals surface area contributed by atoms with E-state index < -0.39 is 0 Å². The van der Waals surface area contributed by atoms with Crippen LogP contribution in [0.15, 0.2) is 42.9 Å². The van der Waals surface area contributed by atoms with E-state index in [2.05, 4.69) is 40.2 Å². The van der Waals surface area contributed by atoms with Crippen LogP contribution in [-0.2, 0) is 11.3 Å². The Kier molecular flexibility index (Phi) is 4.32. The second kappa shape index (κ2) is 6.78. The first-order chi connectivity index (χ1) is 12.6. The lowest BCUT2D eigenvalue weighted by molar-refractivity contribution is -0.133. The number of imidazole rings is 1. The Morgan fingerprint density at radius 2 is 2.15 bits per heavy atom. The Morgan fingerprint density at radius 3 is 2.92 bits per heavy atom. The largest absolute Gasteiger partial charge is 0.340 e. The highest BCUT2D eigenvalue weighted by atomic mass is 16.2. The third kappa shape index (κ3) is 3.27. The molecule has 1 N–H and O–H groups in total. The molecule has 0 spiro atoms. The maximum Gasteiger partial charge on any atom is 0.244 e. The molecule has 4 rings (SSSR count). The minimum Gasteiger partial charge on any atom is -0.340 e. The predicted molar refractivity (Wildman–Crippen MR) is 99.4 cm³/mol. The SMILES string of the molecule is Cc1cccc(-c2cnc([C@H]3CCCN3C(=O)Cn3cc(C)cn3)[nH]2)c1. The molecule has 1 aliphatic heterocycles. The van der Waals surface area contributed by atoms with Crippen LogP contribution >= 0.6 is 0 Å². The van der Waals surface area contributed by atoms with Gasteiger partial charge in [-0.1, -0.05) is 23.8 Å². The van der Waals surface area contributed by atoms with Crippen molar-refractivity contribution in [3.05, 3.63) is 59.8 Å². The Balaban J connectivity index is 1.52. The zero-order valence-electron chi connectivity index (χ0n) is 15.1. The number of H-pyrrole nitrogens is 1. The van der Waals surface area contributed by atoms with Gasteiger partial charge in [0.05, 0.1) is 24.1 Å². The van der Waals surface area contributed by atoms with Crippen LogP contribution < -0.4 is 0 Å². The molecule has 1 aliphatic rings. The molecule has 3 heterocycles. The summed E-state index contributed by atoms with van der Waals surface area (Å²) < 4.78 is 1.70. The summed E-state index contributed by atoms with van der Waals surface area (Å²) in [4.78, 5) is 22.7. The molecule has 1 fully saturated rings. The van der Waals surface area contributed by atoms with Gasteiger partial charge in [-0.25, -0.2) is 4.98 Å². The number of likely N-dealkylation sites (tertiary alicyclic amines) is 1. The van der Waals surface area contributed by atoms with E-state index in [1.54, 1.807) is 10.9 Å². The molecule has 1 atom stereocenters. The fourth-order valence-electron chi connectivity index (χ4n) is 3.60. The molecule has 2 aromatic heterocycles. The van der Waals surface area contributed by atoms with Gasteiger partial charge in [-0.15, -0.1) is 0 Å². The summed E-state index contributed by atoms with van der Waals surface area (Å²) in [6, 6.07) is 8.34. The number of hydrogen-bond acceptors (Lipinski definition) is 3. The highest BCUT2D eigenvalue weighted by Gasteiger charge is 2.32. The van der Waals surface area contributed by atoms with Crippen LogP contribution in [0.25, 0.3) is 11.3 Å². The van der Waals surface area contributed by atoms with E-state index in [1.807, 2.05) is 30.3 Å². The zero-order chi connectivity index (χ0) is 18.1. The molecule has 0 saturated carbocycles. The van der Waals surface area contributed by atoms with Gasteiger partial charge in [0.25, 0.3) is 0 Å². The van der Waals surface area contributed by atoms with Crippen molar-refractivity contribution in [2.75, 3.05) is 6.54 Å². The third-order valence-electron chi connectivity index (χ3n) is 4.87. The highest BCUT2D eigenvalue weighted by molar-refractivity contribution is 5.76. The molecular weight excluding hydrogens is 326 g/mol. The number of rotatable bonds is 4. The van der Waals surface area contributed by atoms with E-state index in [9.17, 15) is 4.79 Å². The van der Waals surface area contributed by atoms with E-state index in [-0.39, 0.29) is 18.5 Å². The van der Waals surface area contributed by atoms with Gasteiger partial charge in [0.1, 0.15) is 12.4 Å². The standard InChI is InChI=1S/C20H23N5O/c1-14-5-3-6-16(9-14)17-11-21-20(23-17)18-7-4-8-25(18)19(26)13-24-12-15(2)10-22-24/h3,5-6,9-12,18H,4,7-8,13H2,1-2H3,(H,21,23)/t18-/m1/s1. The molecule has 3 aromatic rings. The second-order valence-electron chi connectivity index (χ2n) is 7.01. The van der Waals surface area contributed by atoms with Crippen molar-refractivity contribution in [2.45, 2.75) is 39.3 Å². The smallest absolute Gasteiger partial charge is 0.244 e. The molecule has 1 saturated heterocycles. The number of benzene rings is 1. The summed E-state index contributed by atoms with van der Waals surface area (Å²) in [5.74, 6) is 0.952. The lowest BCUT2D eigenvalue weighted by atomic mass is 10.1. The second-order valence-corrected chi connectivity index (χ2v) is 7.01. The molecule has 0 radical (unpaired) electrons. The zero-order valence-corrected chi connectivity index (χ0v) is 15.1. The van der Waals surface area contributed by atoms with E-state index >= 15 is 0 Å². The minimum absolute atomic E-state index is 0.0118. The van der Waals surface area contributed by atoms with Crippen LogP contribution in [0.3, 0.4) is 0 Å². The fourth-order valence-corrected chi connectivity index (χ4v) is 3.60. The number of amides is 1. The number of aryl methyl sites for hydroxylation is 2. The monoisotopic (exact) mass is 349 g/mol. The summed E-state index contributed by atoms with van der Waals surface area (Å²) >= 11 is 0. The van der Waals surface area contributed by atoms with Crippen LogP contribution in [0, 0.1) is 13.8 Å². The number of nitrogens with one attached hydrogen (secondary N) is 1. The summed E-state index contributed by atoms with van der Waals surface area (Å²) in [7, 11) is 0. The third-order valence-corrected chi connectivity index (χ3v) is 4.87. The van der Waals surface area contributed by atoms with Crippen molar-refractivity contribution in [3.63, 3.8) is 0 Å². The lowest BCUT2D eigenvalue weighted by Gasteiger charge is -2.23. The van der Waals surface area contributed by atoms with Crippen molar-refractivity contribution in [1.29, 1.82) is 0 Å². The Morgan fingerprint density at radius 1 is 1.27 bits per heavy atom. The van der Waals surface area contributed by atoms with Crippen molar-refractivity contribution in [2.24, 2.45) is 0 Å². The summed E-state index contributed by atoms with van der Waals surface area (Å²) in [6.07, 6.45) is 7.46. The van der Waals surface area contributed by atoms with Gasteiger partial charge >= 0.3 is 0 Å². The maximum atomic E-state index is 12.8. The van der Waals surface area contributed by atoms with Gasteiger partial charge in [-0.05, 0) is 43.9 Å².